The van der Waals surface area contributed by atoms with Crippen molar-refractivity contribution in [2.24, 2.45) is 23.7 Å². The minimum Gasteiger partial charge on any atom is -0.494 e. The molecule has 9 heteroatoms. The lowest BCUT2D eigenvalue weighted by Gasteiger charge is -2.41. The summed E-state index contributed by atoms with van der Waals surface area (Å²) in [6, 6.07) is 5.92. The largest absolute Gasteiger partial charge is 0.494 e. The van der Waals surface area contributed by atoms with E-state index < -0.39 is 28.7 Å². The number of aliphatic hydroxyl groups is 1. The molecule has 37 heavy (non-hydrogen) atoms. The summed E-state index contributed by atoms with van der Waals surface area (Å²) in [6.45, 7) is 12.2. The second-order valence-electron chi connectivity index (χ2n) is 11.0. The molecule has 204 valence electrons. The molecular formula is C28H41N3O5S. The molecule has 3 amide bonds. The Bertz CT molecular complexity index is 1020. The molecule has 3 aliphatic heterocycles. The van der Waals surface area contributed by atoms with E-state index >= 15 is 0 Å². The molecular weight excluding hydrogens is 490 g/mol. The third kappa shape index (κ3) is 4.62. The van der Waals surface area contributed by atoms with Crippen molar-refractivity contribution in [1.82, 2.24) is 10.2 Å². The highest BCUT2D eigenvalue weighted by molar-refractivity contribution is 8.02. The van der Waals surface area contributed by atoms with Gasteiger partial charge in [0.05, 0.1) is 35.8 Å². The zero-order chi connectivity index (χ0) is 27.1. The number of rotatable bonds is 10. The Morgan fingerprint density at radius 1 is 1.19 bits per heavy atom. The third-order valence-corrected chi connectivity index (χ3v) is 10.5. The van der Waals surface area contributed by atoms with E-state index in [-0.39, 0.29) is 47.5 Å². The lowest BCUT2D eigenvalue weighted by molar-refractivity contribution is -0.143. The number of hydrogen-bond acceptors (Lipinski definition) is 6. The smallest absolute Gasteiger partial charge is 0.244 e. The first-order chi connectivity index (χ1) is 17.6. The summed E-state index contributed by atoms with van der Waals surface area (Å²) in [6.07, 6.45) is 1.53. The fourth-order valence-corrected chi connectivity index (χ4v) is 9.03. The normalized spacial score (nSPS) is 31.8. The molecule has 8 nitrogen and oxygen atoms in total. The second kappa shape index (κ2) is 10.8. The van der Waals surface area contributed by atoms with Crippen LogP contribution in [0.25, 0.3) is 0 Å². The number of aliphatic hydroxyl groups excluding tert-OH is 1. The fourth-order valence-electron chi connectivity index (χ4n) is 6.62. The van der Waals surface area contributed by atoms with Crippen molar-refractivity contribution < 1.29 is 24.2 Å². The van der Waals surface area contributed by atoms with Crippen LogP contribution in [0.2, 0.25) is 0 Å². The third-order valence-electron chi connectivity index (χ3n) is 8.44. The van der Waals surface area contributed by atoms with E-state index in [2.05, 4.69) is 17.6 Å². The number of nitrogens with zero attached hydrogens (tertiary/aromatic N) is 1. The van der Waals surface area contributed by atoms with E-state index in [1.165, 1.54) is 0 Å². The summed E-state index contributed by atoms with van der Waals surface area (Å²) in [7, 11) is 0. The SMILES string of the molecule is CCOc1ccc(NC(=O)[C@@H]2[C@@H]3CC(C)C4(S3)C(C(=O)NC(C)C)N([C@@H](CO)[C@@H](C)CC)C(=O)[C@H]24)cc1. The lowest BCUT2D eigenvalue weighted by Crippen LogP contribution is -2.60. The van der Waals surface area contributed by atoms with Gasteiger partial charge in [0.1, 0.15) is 11.8 Å². The minimum absolute atomic E-state index is 0.00663. The first-order valence-electron chi connectivity index (χ1n) is 13.5. The van der Waals surface area contributed by atoms with Gasteiger partial charge in [0, 0.05) is 17.0 Å². The van der Waals surface area contributed by atoms with Crippen LogP contribution in [-0.2, 0) is 14.4 Å². The molecule has 3 heterocycles. The van der Waals surface area contributed by atoms with Gasteiger partial charge in [0.15, 0.2) is 0 Å². The zero-order valence-electron chi connectivity index (χ0n) is 22.7. The molecule has 3 fully saturated rings. The predicted molar refractivity (Wildman–Crippen MR) is 145 cm³/mol. The average molecular weight is 532 g/mol. The number of thioether (sulfide) groups is 1. The first-order valence-corrected chi connectivity index (χ1v) is 14.4. The van der Waals surface area contributed by atoms with Gasteiger partial charge in [0.25, 0.3) is 0 Å². The van der Waals surface area contributed by atoms with Crippen LogP contribution in [0, 0.1) is 23.7 Å². The Morgan fingerprint density at radius 3 is 2.43 bits per heavy atom. The van der Waals surface area contributed by atoms with E-state index in [9.17, 15) is 19.5 Å². The Hall–Kier alpha value is -2.26. The Labute approximate surface area is 224 Å². The number of nitrogens with one attached hydrogen (secondary N) is 2. The van der Waals surface area contributed by atoms with E-state index in [1.54, 1.807) is 28.8 Å². The van der Waals surface area contributed by atoms with Crippen molar-refractivity contribution in [2.75, 3.05) is 18.5 Å². The number of carbonyl (C=O) groups excluding carboxylic acids is 3. The van der Waals surface area contributed by atoms with Gasteiger partial charge in [-0.2, -0.15) is 0 Å². The zero-order valence-corrected chi connectivity index (χ0v) is 23.5. The lowest BCUT2D eigenvalue weighted by atomic mass is 9.65. The molecule has 8 atom stereocenters. The maximum atomic E-state index is 14.2. The van der Waals surface area contributed by atoms with E-state index in [4.69, 9.17) is 4.74 Å². The predicted octanol–water partition coefficient (Wildman–Crippen LogP) is 3.29. The van der Waals surface area contributed by atoms with Gasteiger partial charge in [-0.05, 0) is 63.3 Å². The number of hydrogen-bond donors (Lipinski definition) is 3. The van der Waals surface area contributed by atoms with Gasteiger partial charge < -0.3 is 25.4 Å². The molecule has 3 unspecified atom stereocenters. The van der Waals surface area contributed by atoms with Crippen molar-refractivity contribution in [1.29, 1.82) is 0 Å². The van der Waals surface area contributed by atoms with Crippen molar-refractivity contribution in [2.45, 2.75) is 82.5 Å². The van der Waals surface area contributed by atoms with E-state index in [0.717, 1.165) is 18.6 Å². The Morgan fingerprint density at radius 2 is 1.86 bits per heavy atom. The second-order valence-corrected chi connectivity index (χ2v) is 12.6. The molecule has 3 saturated heterocycles. The summed E-state index contributed by atoms with van der Waals surface area (Å²) >= 11 is 1.65. The number of carbonyl (C=O) groups is 3. The quantitative estimate of drug-likeness (QED) is 0.428. The standard InChI is InChI=1S/C28H41N3O5S/c1-7-16(5)20(14-32)31-24(26(34)29-15(3)4)28-17(6)13-21(37-28)22(23(28)27(31)35)25(33)30-18-9-11-19(12-10-18)36-8-2/h9-12,15-17,20-24,32H,7-8,13-14H2,1-6H3,(H,29,34)(H,30,33)/t16-,17?,20-,21-,22+,23-,24?,28?/m0/s1. The molecule has 4 rings (SSSR count). The van der Waals surface area contributed by atoms with Crippen LogP contribution >= 0.6 is 11.8 Å². The monoisotopic (exact) mass is 531 g/mol. The molecule has 1 aromatic rings. The molecule has 2 bridgehead atoms. The van der Waals surface area contributed by atoms with Gasteiger partial charge in [-0.1, -0.05) is 27.2 Å². The molecule has 3 aliphatic rings. The highest BCUT2D eigenvalue weighted by atomic mass is 32.2. The molecule has 1 spiro atoms. The number of anilines is 1. The molecule has 0 aliphatic carbocycles. The number of amides is 3. The van der Waals surface area contributed by atoms with Crippen molar-refractivity contribution in [3.63, 3.8) is 0 Å². The van der Waals surface area contributed by atoms with Gasteiger partial charge in [-0.3, -0.25) is 14.4 Å². The Balaban J connectivity index is 1.70. The van der Waals surface area contributed by atoms with Gasteiger partial charge >= 0.3 is 0 Å². The van der Waals surface area contributed by atoms with Crippen molar-refractivity contribution >= 4 is 35.2 Å². The van der Waals surface area contributed by atoms with E-state index in [0.29, 0.717) is 12.3 Å². The topological polar surface area (TPSA) is 108 Å². The summed E-state index contributed by atoms with van der Waals surface area (Å²) < 4.78 is 4.79. The summed E-state index contributed by atoms with van der Waals surface area (Å²) in [5.74, 6) is -0.919. The number of likely N-dealkylation sites (tertiary alicyclic amines) is 1. The molecule has 0 saturated carbocycles. The maximum Gasteiger partial charge on any atom is 0.244 e. The van der Waals surface area contributed by atoms with Gasteiger partial charge in [0.2, 0.25) is 17.7 Å². The van der Waals surface area contributed by atoms with Crippen LogP contribution in [0.1, 0.15) is 54.4 Å². The molecule has 1 aromatic carbocycles. The summed E-state index contributed by atoms with van der Waals surface area (Å²) in [4.78, 5) is 43.4. The van der Waals surface area contributed by atoms with Crippen molar-refractivity contribution in [3.8, 4) is 5.75 Å². The summed E-state index contributed by atoms with van der Waals surface area (Å²) in [5, 5.41) is 16.4. The average Bonchev–Trinajstić information content (AvgIpc) is 3.44. The van der Waals surface area contributed by atoms with Crippen LogP contribution < -0.4 is 15.4 Å². The molecule has 0 radical (unpaired) electrons. The molecule has 3 N–H and O–H groups in total. The highest BCUT2D eigenvalue weighted by Gasteiger charge is 2.76. The summed E-state index contributed by atoms with van der Waals surface area (Å²) in [5.41, 5.74) is 0.646. The molecule has 0 aromatic heterocycles. The van der Waals surface area contributed by atoms with Crippen molar-refractivity contribution in [3.05, 3.63) is 24.3 Å². The van der Waals surface area contributed by atoms with Crippen LogP contribution in [0.3, 0.4) is 0 Å². The van der Waals surface area contributed by atoms with Crippen LogP contribution in [0.4, 0.5) is 5.69 Å². The number of fused-ring (bicyclic) bond motifs is 1. The number of ether oxygens (including phenoxy) is 1. The first kappa shape index (κ1) is 27.8. The van der Waals surface area contributed by atoms with Crippen LogP contribution in [-0.4, -0.2) is 69.1 Å². The van der Waals surface area contributed by atoms with Gasteiger partial charge in [-0.25, -0.2) is 0 Å². The minimum atomic E-state index is -0.730. The fraction of sp³-hybridized carbons (Fsp3) is 0.679. The highest BCUT2D eigenvalue weighted by Crippen LogP contribution is 2.69. The Kier molecular flexibility index (Phi) is 8.14. The van der Waals surface area contributed by atoms with Gasteiger partial charge in [-0.15, -0.1) is 11.8 Å². The van der Waals surface area contributed by atoms with Crippen LogP contribution in [0.5, 0.6) is 5.75 Å². The van der Waals surface area contributed by atoms with Crippen LogP contribution in [0.15, 0.2) is 24.3 Å². The van der Waals surface area contributed by atoms with E-state index in [1.807, 2.05) is 46.8 Å². The maximum absolute atomic E-state index is 14.2. The number of benzene rings is 1.